The van der Waals surface area contributed by atoms with Crippen LogP contribution in [0, 0.1) is 13.6 Å². The average molecular weight is 147 g/mol. The number of hydrogen-bond donors (Lipinski definition) is 2. The van der Waals surface area contributed by atoms with Crippen LogP contribution in [0.25, 0.3) is 4.85 Å². The summed E-state index contributed by atoms with van der Waals surface area (Å²) < 4.78 is 0. The van der Waals surface area contributed by atoms with Crippen molar-refractivity contribution >= 4 is 11.4 Å². The van der Waals surface area contributed by atoms with E-state index in [9.17, 15) is 0 Å². The number of nitrogens with one attached hydrogen (secondary N) is 1. The van der Waals surface area contributed by atoms with Crippen LogP contribution in [-0.2, 0) is 0 Å². The maximum absolute atomic E-state index is 6.70. The van der Waals surface area contributed by atoms with Gasteiger partial charge in [0.15, 0.2) is 5.69 Å². The largest absolute Gasteiger partial charge is 0.375 e. The molecule has 0 fully saturated rings. The van der Waals surface area contributed by atoms with Crippen molar-refractivity contribution in [3.63, 3.8) is 0 Å². The second kappa shape index (κ2) is 3.59. The summed E-state index contributed by atoms with van der Waals surface area (Å²) >= 11 is 0. The first-order chi connectivity index (χ1) is 5.36. The molecular weight excluding hydrogens is 138 g/mol. The summed E-state index contributed by atoms with van der Waals surface area (Å²) in [6, 6.07) is 7.21. The van der Waals surface area contributed by atoms with E-state index in [0.29, 0.717) is 5.69 Å². The van der Waals surface area contributed by atoms with E-state index < -0.39 is 0 Å². The van der Waals surface area contributed by atoms with Gasteiger partial charge in [-0.3, -0.25) is 5.43 Å². The van der Waals surface area contributed by atoms with Gasteiger partial charge in [0.25, 0.3) is 0 Å². The molecule has 3 nitrogen and oxygen atoms in total. The van der Waals surface area contributed by atoms with E-state index in [1.54, 1.807) is 17.6 Å². The van der Waals surface area contributed by atoms with Crippen molar-refractivity contribution < 1.29 is 5.43 Å². The third-order valence-electron chi connectivity index (χ3n) is 1.27. The number of nitrogens with two attached hydrogens (primary N) is 1. The summed E-state index contributed by atoms with van der Waals surface area (Å²) in [5, 5.41) is 0. The van der Waals surface area contributed by atoms with Crippen LogP contribution in [0.1, 0.15) is 0 Å². The number of benzene rings is 1. The molecule has 0 amide bonds. The average Bonchev–Trinajstić information content (AvgIpc) is 2.07. The molecule has 0 unspecified atom stereocenters. The minimum atomic E-state index is 0.652. The molecule has 0 saturated heterocycles. The maximum atomic E-state index is 6.70. The Hall–Kier alpha value is -1.53. The molecular formula is C8H9N3. The molecule has 0 spiro atoms. The maximum Gasteiger partial charge on any atom is 0.187 e. The van der Waals surface area contributed by atoms with E-state index in [1.165, 1.54) is 0 Å². The smallest absolute Gasteiger partial charge is 0.187 e. The first kappa shape index (κ1) is 7.58. The summed E-state index contributed by atoms with van der Waals surface area (Å²) in [6.07, 6.45) is 0. The lowest BCUT2D eigenvalue weighted by molar-refractivity contribution is -0.563. The van der Waals surface area contributed by atoms with Crippen LogP contribution >= 0.6 is 0 Å². The van der Waals surface area contributed by atoms with Crippen molar-refractivity contribution in [2.45, 2.75) is 0 Å². The fraction of sp³-hybridized carbons (Fsp3) is 0. The molecule has 1 aromatic carbocycles. The molecule has 1 rings (SSSR count). The number of nitrogen functional groups attached to an aromatic ring is 1. The normalized spacial score (nSPS) is 8.73. The van der Waals surface area contributed by atoms with E-state index in [-0.39, 0.29) is 0 Å². The monoisotopic (exact) mass is 147 g/mol. The molecule has 0 aliphatic rings. The summed E-state index contributed by atoms with van der Waals surface area (Å²) in [5.74, 6) is 0. The molecule has 0 bridgehead atoms. The summed E-state index contributed by atoms with van der Waals surface area (Å²) in [7, 11) is 3.53. The number of quaternary nitrogens is 1. The Morgan fingerprint density at radius 1 is 1.36 bits per heavy atom. The molecule has 0 heterocycles. The van der Waals surface area contributed by atoms with Gasteiger partial charge in [-0.2, -0.15) is 0 Å². The van der Waals surface area contributed by atoms with Gasteiger partial charge in [-0.05, 0) is 12.1 Å². The Balaban J connectivity index is 2.76. The third-order valence-corrected chi connectivity index (χ3v) is 1.27. The van der Waals surface area contributed by atoms with Crippen molar-refractivity contribution in [2.24, 2.45) is 0 Å². The topological polar surface area (TPSA) is 33.0 Å². The van der Waals surface area contributed by atoms with Crippen LogP contribution in [0.5, 0.6) is 0 Å². The van der Waals surface area contributed by atoms with Gasteiger partial charge < -0.3 is 5.43 Å². The lowest BCUT2D eigenvalue weighted by atomic mass is 10.3. The highest BCUT2D eigenvalue weighted by Crippen LogP contribution is 2.14. The fourth-order valence-electron chi connectivity index (χ4n) is 0.750. The first-order valence-electron chi connectivity index (χ1n) is 3.22. The predicted molar refractivity (Wildman–Crippen MR) is 43.6 cm³/mol. The zero-order valence-corrected chi connectivity index (χ0v) is 6.04. The van der Waals surface area contributed by atoms with E-state index >= 15 is 0 Å². The molecule has 0 aliphatic heterocycles. The molecule has 0 atom stereocenters. The van der Waals surface area contributed by atoms with Gasteiger partial charge in [0, 0.05) is 0 Å². The van der Waals surface area contributed by atoms with Crippen LogP contribution in [0.4, 0.5) is 11.4 Å². The zero-order valence-electron chi connectivity index (χ0n) is 6.04. The minimum Gasteiger partial charge on any atom is -0.375 e. The molecule has 0 aliphatic carbocycles. The molecule has 3 N–H and O–H groups in total. The van der Waals surface area contributed by atoms with E-state index in [1.807, 2.05) is 12.1 Å². The first-order valence-corrected chi connectivity index (χ1v) is 3.22. The molecule has 3 heteroatoms. The van der Waals surface area contributed by atoms with Gasteiger partial charge >= 0.3 is 0 Å². The second-order valence-electron chi connectivity index (χ2n) is 2.01. The number of rotatable bonds is 2. The van der Waals surface area contributed by atoms with Gasteiger partial charge in [0.05, 0.1) is 12.3 Å². The Labute approximate surface area is 65.8 Å². The van der Waals surface area contributed by atoms with Crippen molar-refractivity contribution in [1.82, 2.24) is 0 Å². The van der Waals surface area contributed by atoms with Gasteiger partial charge in [-0.1, -0.05) is 12.1 Å². The Morgan fingerprint density at radius 2 is 2.00 bits per heavy atom. The van der Waals surface area contributed by atoms with Gasteiger partial charge in [-0.25, -0.2) is 4.85 Å². The van der Waals surface area contributed by atoms with E-state index in [0.717, 1.165) is 5.69 Å². The lowest BCUT2D eigenvalue weighted by Gasteiger charge is -2.02. The van der Waals surface area contributed by atoms with Crippen LogP contribution in [-0.4, -0.2) is 0 Å². The predicted octanol–water partition coefficient (Wildman–Crippen LogP) is 0.919. The van der Waals surface area contributed by atoms with Gasteiger partial charge in [0.1, 0.15) is 0 Å². The standard InChI is InChI=1S/C8H9N3/c1-9-7-3-5-8(6-4-7)11-10-2/h3-6,11H,2,10H2. The summed E-state index contributed by atoms with van der Waals surface area (Å²) in [5.41, 5.74) is 6.13. The van der Waals surface area contributed by atoms with Crippen molar-refractivity contribution in [3.8, 4) is 0 Å². The van der Waals surface area contributed by atoms with Gasteiger partial charge in [-0.15, -0.1) is 7.05 Å². The molecule has 0 aromatic heterocycles. The highest BCUT2D eigenvalue weighted by molar-refractivity contribution is 5.52. The lowest BCUT2D eigenvalue weighted by Crippen LogP contribution is -2.81. The minimum absolute atomic E-state index is 0.652. The summed E-state index contributed by atoms with van der Waals surface area (Å²) in [6.45, 7) is 6.70. The summed E-state index contributed by atoms with van der Waals surface area (Å²) in [4.78, 5) is 3.27. The van der Waals surface area contributed by atoms with Gasteiger partial charge in [0.2, 0.25) is 0 Å². The van der Waals surface area contributed by atoms with Crippen molar-refractivity contribution in [2.75, 3.05) is 5.43 Å². The highest BCUT2D eigenvalue weighted by atomic mass is 15.3. The number of nitrogens with zero attached hydrogens (tertiary/aromatic N) is 1. The quantitative estimate of drug-likeness (QED) is 0.364. The number of anilines is 1. The molecule has 1 aromatic rings. The third kappa shape index (κ3) is 1.95. The second-order valence-corrected chi connectivity index (χ2v) is 2.01. The highest BCUT2D eigenvalue weighted by Gasteiger charge is 1.90. The fourth-order valence-corrected chi connectivity index (χ4v) is 0.750. The van der Waals surface area contributed by atoms with Crippen LogP contribution in [0.15, 0.2) is 24.3 Å². The molecule has 56 valence electrons. The van der Waals surface area contributed by atoms with Crippen molar-refractivity contribution in [1.29, 1.82) is 0 Å². The van der Waals surface area contributed by atoms with Crippen LogP contribution < -0.4 is 10.9 Å². The van der Waals surface area contributed by atoms with Crippen LogP contribution in [0.3, 0.4) is 0 Å². The Kier molecular flexibility index (Phi) is 2.47. The molecule has 0 saturated carbocycles. The van der Waals surface area contributed by atoms with Crippen molar-refractivity contribution in [3.05, 3.63) is 42.7 Å². The molecule has 11 heavy (non-hydrogen) atoms. The van der Waals surface area contributed by atoms with E-state index in [4.69, 9.17) is 6.57 Å². The Bertz CT molecular complexity index is 258. The molecule has 0 radical (unpaired) electrons. The van der Waals surface area contributed by atoms with Crippen LogP contribution in [0.2, 0.25) is 0 Å². The number of hydrogen-bond acceptors (Lipinski definition) is 1. The zero-order chi connectivity index (χ0) is 8.10. The van der Waals surface area contributed by atoms with E-state index in [2.05, 4.69) is 17.3 Å². The SMILES string of the molecule is [C-]#[N+]c1ccc(N[NH2+][CH2-])cc1. The Morgan fingerprint density at radius 3 is 2.45 bits per heavy atom.